The monoisotopic (exact) mass is 281 g/mol. The summed E-state index contributed by atoms with van der Waals surface area (Å²) in [6, 6.07) is 0.607. The van der Waals surface area contributed by atoms with E-state index in [1.807, 2.05) is 0 Å². The fraction of sp³-hybridized carbons (Fsp3) is 0.938. The average molecular weight is 281 g/mol. The molecule has 4 heteroatoms. The summed E-state index contributed by atoms with van der Waals surface area (Å²) < 4.78 is 0. The first-order valence-corrected chi connectivity index (χ1v) is 8.24. The number of piperidine rings is 1. The van der Waals surface area contributed by atoms with Gasteiger partial charge in [-0.3, -0.25) is 4.79 Å². The van der Waals surface area contributed by atoms with Crippen LogP contribution in [0, 0.1) is 11.3 Å². The van der Waals surface area contributed by atoms with Crippen LogP contribution in [0.25, 0.3) is 0 Å². The second-order valence-corrected chi connectivity index (χ2v) is 6.94. The molecule has 116 valence electrons. The molecule has 0 aromatic heterocycles. The molecule has 20 heavy (non-hydrogen) atoms. The van der Waals surface area contributed by atoms with Gasteiger partial charge in [0.2, 0.25) is 5.91 Å². The van der Waals surface area contributed by atoms with Gasteiger partial charge in [-0.2, -0.15) is 0 Å². The fourth-order valence-corrected chi connectivity index (χ4v) is 3.27. The molecule has 2 N–H and O–H groups in total. The molecule has 1 unspecified atom stereocenters. The Balaban J connectivity index is 1.55. The van der Waals surface area contributed by atoms with Crippen LogP contribution < -0.4 is 10.6 Å². The lowest BCUT2D eigenvalue weighted by atomic mass is 9.92. The van der Waals surface area contributed by atoms with Crippen molar-refractivity contribution in [1.29, 1.82) is 0 Å². The largest absolute Gasteiger partial charge is 0.356 e. The molecule has 2 fully saturated rings. The van der Waals surface area contributed by atoms with Gasteiger partial charge in [0.25, 0.3) is 0 Å². The number of nitrogens with one attached hydrogen (secondary N) is 2. The maximum Gasteiger partial charge on any atom is 0.223 e. The third kappa shape index (κ3) is 3.95. The van der Waals surface area contributed by atoms with Crippen LogP contribution in [0.1, 0.15) is 46.0 Å². The van der Waals surface area contributed by atoms with E-state index in [9.17, 15) is 4.79 Å². The maximum atomic E-state index is 12.1. The SMILES string of the molecule is CC(C)N(C)CCCCNC(=O)C1CC12CCNCC2. The predicted octanol–water partition coefficient (Wildman–Crippen LogP) is 1.61. The molecule has 0 bridgehead atoms. The van der Waals surface area contributed by atoms with Gasteiger partial charge in [0.15, 0.2) is 0 Å². The minimum atomic E-state index is 0.308. The van der Waals surface area contributed by atoms with E-state index < -0.39 is 0 Å². The Morgan fingerprint density at radius 3 is 2.70 bits per heavy atom. The van der Waals surface area contributed by atoms with Crippen LogP contribution in [0.5, 0.6) is 0 Å². The Morgan fingerprint density at radius 2 is 2.05 bits per heavy atom. The zero-order chi connectivity index (χ0) is 14.6. The van der Waals surface area contributed by atoms with Gasteiger partial charge in [-0.05, 0) is 78.0 Å². The zero-order valence-corrected chi connectivity index (χ0v) is 13.4. The van der Waals surface area contributed by atoms with E-state index in [2.05, 4.69) is 36.4 Å². The molecular formula is C16H31N3O. The molecule has 1 aliphatic heterocycles. The maximum absolute atomic E-state index is 12.1. The first-order chi connectivity index (χ1) is 9.55. The number of hydrogen-bond donors (Lipinski definition) is 2. The third-order valence-corrected chi connectivity index (χ3v) is 5.22. The molecule has 0 aromatic carbocycles. The van der Waals surface area contributed by atoms with Gasteiger partial charge in [0.1, 0.15) is 0 Å². The summed E-state index contributed by atoms with van der Waals surface area (Å²) >= 11 is 0. The van der Waals surface area contributed by atoms with Crippen molar-refractivity contribution in [2.24, 2.45) is 11.3 Å². The van der Waals surface area contributed by atoms with Gasteiger partial charge < -0.3 is 15.5 Å². The van der Waals surface area contributed by atoms with Gasteiger partial charge in [0, 0.05) is 18.5 Å². The van der Waals surface area contributed by atoms with Gasteiger partial charge in [-0.1, -0.05) is 0 Å². The van der Waals surface area contributed by atoms with E-state index in [0.717, 1.165) is 45.4 Å². The summed E-state index contributed by atoms with van der Waals surface area (Å²) in [6.07, 6.45) is 5.74. The number of rotatable bonds is 7. The van der Waals surface area contributed by atoms with Gasteiger partial charge >= 0.3 is 0 Å². The number of nitrogens with zero attached hydrogens (tertiary/aromatic N) is 1. The van der Waals surface area contributed by atoms with Crippen LogP contribution in [0.3, 0.4) is 0 Å². The summed E-state index contributed by atoms with van der Waals surface area (Å²) in [5.41, 5.74) is 0.368. The van der Waals surface area contributed by atoms with Crippen molar-refractivity contribution in [1.82, 2.24) is 15.5 Å². The first-order valence-electron chi connectivity index (χ1n) is 8.24. The molecule has 1 atom stereocenters. The van der Waals surface area contributed by atoms with Crippen LogP contribution in [0.2, 0.25) is 0 Å². The topological polar surface area (TPSA) is 44.4 Å². The Bertz CT molecular complexity index is 324. The minimum Gasteiger partial charge on any atom is -0.356 e. The zero-order valence-electron chi connectivity index (χ0n) is 13.4. The minimum absolute atomic E-state index is 0.308. The molecule has 2 aliphatic rings. The standard InChI is InChI=1S/C16H31N3O/c1-13(2)19(3)11-5-4-8-18-15(20)14-12-16(14)6-9-17-10-7-16/h13-14,17H,4-12H2,1-3H3,(H,18,20). The molecule has 1 saturated carbocycles. The highest BCUT2D eigenvalue weighted by Gasteiger charge is 2.57. The number of carbonyl (C=O) groups excluding carboxylic acids is 1. The molecule has 0 radical (unpaired) electrons. The van der Waals surface area contributed by atoms with Crippen molar-refractivity contribution in [3.8, 4) is 0 Å². The molecule has 1 heterocycles. The molecule has 1 saturated heterocycles. The van der Waals surface area contributed by atoms with Crippen LogP contribution in [0.4, 0.5) is 0 Å². The van der Waals surface area contributed by atoms with E-state index in [1.54, 1.807) is 0 Å². The normalized spacial score (nSPS) is 24.4. The van der Waals surface area contributed by atoms with Crippen molar-refractivity contribution in [2.45, 2.75) is 52.0 Å². The second-order valence-electron chi connectivity index (χ2n) is 6.94. The summed E-state index contributed by atoms with van der Waals surface area (Å²) in [5, 5.41) is 6.52. The first kappa shape index (κ1) is 15.8. The second kappa shape index (κ2) is 6.90. The average Bonchev–Trinajstić information content (AvgIpc) is 3.12. The van der Waals surface area contributed by atoms with Crippen molar-refractivity contribution in [3.05, 3.63) is 0 Å². The Labute approximate surface area is 123 Å². The molecule has 4 nitrogen and oxygen atoms in total. The van der Waals surface area contributed by atoms with E-state index >= 15 is 0 Å². The lowest BCUT2D eigenvalue weighted by Gasteiger charge is -2.23. The summed E-state index contributed by atoms with van der Waals surface area (Å²) in [6.45, 7) is 8.57. The van der Waals surface area contributed by atoms with Crippen molar-refractivity contribution >= 4 is 5.91 Å². The number of unbranched alkanes of at least 4 members (excludes halogenated alkanes) is 1. The summed E-state index contributed by atoms with van der Waals surface area (Å²) in [4.78, 5) is 14.5. The number of hydrogen-bond acceptors (Lipinski definition) is 3. The summed E-state index contributed by atoms with van der Waals surface area (Å²) in [7, 11) is 2.16. The van der Waals surface area contributed by atoms with Crippen molar-refractivity contribution in [3.63, 3.8) is 0 Å². The molecule has 1 amide bonds. The summed E-state index contributed by atoms with van der Waals surface area (Å²) in [5.74, 6) is 0.618. The van der Waals surface area contributed by atoms with E-state index in [1.165, 1.54) is 12.8 Å². The fourth-order valence-electron chi connectivity index (χ4n) is 3.27. The molecule has 2 rings (SSSR count). The van der Waals surface area contributed by atoms with Crippen molar-refractivity contribution < 1.29 is 4.79 Å². The van der Waals surface area contributed by atoms with Crippen LogP contribution in [-0.4, -0.2) is 50.1 Å². The highest BCUT2D eigenvalue weighted by Crippen LogP contribution is 2.58. The van der Waals surface area contributed by atoms with E-state index in [-0.39, 0.29) is 0 Å². The van der Waals surface area contributed by atoms with Gasteiger partial charge in [-0.15, -0.1) is 0 Å². The highest BCUT2D eigenvalue weighted by atomic mass is 16.2. The number of amides is 1. The van der Waals surface area contributed by atoms with Crippen LogP contribution >= 0.6 is 0 Å². The Hall–Kier alpha value is -0.610. The molecule has 1 spiro atoms. The lowest BCUT2D eigenvalue weighted by molar-refractivity contribution is -0.123. The third-order valence-electron chi connectivity index (χ3n) is 5.22. The Morgan fingerprint density at radius 1 is 1.35 bits per heavy atom. The molecule has 1 aliphatic carbocycles. The van der Waals surface area contributed by atoms with Crippen molar-refractivity contribution in [2.75, 3.05) is 33.2 Å². The highest BCUT2D eigenvalue weighted by molar-refractivity contribution is 5.82. The smallest absolute Gasteiger partial charge is 0.223 e. The van der Waals surface area contributed by atoms with E-state index in [4.69, 9.17) is 0 Å². The van der Waals surface area contributed by atoms with Gasteiger partial charge in [0.05, 0.1) is 0 Å². The molecule has 0 aromatic rings. The lowest BCUT2D eigenvalue weighted by Crippen LogP contribution is -2.34. The van der Waals surface area contributed by atoms with E-state index in [0.29, 0.717) is 23.3 Å². The van der Waals surface area contributed by atoms with Gasteiger partial charge in [-0.25, -0.2) is 0 Å². The Kier molecular flexibility index (Phi) is 5.44. The molecular weight excluding hydrogens is 250 g/mol. The quantitative estimate of drug-likeness (QED) is 0.697. The van der Waals surface area contributed by atoms with Crippen LogP contribution in [-0.2, 0) is 4.79 Å². The predicted molar refractivity (Wildman–Crippen MR) is 82.7 cm³/mol. The van der Waals surface area contributed by atoms with Crippen LogP contribution in [0.15, 0.2) is 0 Å². The number of carbonyl (C=O) groups is 1.